The number of ether oxygens (including phenoxy) is 1. The Morgan fingerprint density at radius 3 is 2.37 bits per heavy atom. The molecule has 106 valence electrons. The van der Waals surface area contributed by atoms with Crippen LogP contribution in [0.1, 0.15) is 18.9 Å². The van der Waals surface area contributed by atoms with E-state index in [-0.39, 0.29) is 25.4 Å². The van der Waals surface area contributed by atoms with Crippen LogP contribution in [0.2, 0.25) is 0 Å². The monoisotopic (exact) mass is 287 g/mol. The molecule has 0 amide bonds. The molecule has 2 atom stereocenters. The van der Waals surface area contributed by atoms with Crippen LogP contribution in [0.25, 0.3) is 0 Å². The third-order valence-electron chi connectivity index (χ3n) is 2.58. The van der Waals surface area contributed by atoms with E-state index >= 15 is 0 Å². The second-order valence-electron chi connectivity index (χ2n) is 4.15. The average Bonchev–Trinajstić information content (AvgIpc) is 2.34. The molecule has 0 saturated heterocycles. The van der Waals surface area contributed by atoms with Crippen LogP contribution in [0.3, 0.4) is 0 Å². The molecule has 0 spiro atoms. The van der Waals surface area contributed by atoms with Gasteiger partial charge in [0.15, 0.2) is 0 Å². The molecular weight excluding hydrogens is 270 g/mol. The lowest BCUT2D eigenvalue weighted by Gasteiger charge is -2.15. The number of carbonyl (C=O) groups excluding carboxylic acids is 1. The first kappa shape index (κ1) is 17.4. The summed E-state index contributed by atoms with van der Waals surface area (Å²) in [5, 5.41) is 8.89. The summed E-state index contributed by atoms with van der Waals surface area (Å²) < 4.78 is 5.00. The number of hydrogen-bond acceptors (Lipinski definition) is 4. The largest absolute Gasteiger partial charge is 0.481 e. The maximum atomic E-state index is 11.5. The highest BCUT2D eigenvalue weighted by molar-refractivity contribution is 5.85. The van der Waals surface area contributed by atoms with Crippen molar-refractivity contribution in [2.24, 2.45) is 11.7 Å². The van der Waals surface area contributed by atoms with Crippen molar-refractivity contribution in [1.82, 2.24) is 0 Å². The molecule has 0 heterocycles. The number of aliphatic carboxylic acids is 1. The second kappa shape index (κ2) is 8.50. The molecule has 0 aromatic heterocycles. The van der Waals surface area contributed by atoms with Gasteiger partial charge in [0.05, 0.1) is 12.3 Å². The fraction of sp³-hybridized carbons (Fsp3) is 0.385. The molecule has 0 aliphatic carbocycles. The zero-order valence-corrected chi connectivity index (χ0v) is 11.4. The molecule has 0 aliphatic rings. The second-order valence-corrected chi connectivity index (χ2v) is 4.15. The van der Waals surface area contributed by atoms with E-state index in [0.29, 0.717) is 0 Å². The third-order valence-corrected chi connectivity index (χ3v) is 2.58. The van der Waals surface area contributed by atoms with Crippen LogP contribution in [-0.4, -0.2) is 23.1 Å². The van der Waals surface area contributed by atoms with Crippen molar-refractivity contribution >= 4 is 24.3 Å². The zero-order valence-electron chi connectivity index (χ0n) is 10.6. The Morgan fingerprint density at radius 2 is 1.89 bits per heavy atom. The molecule has 1 rings (SSSR count). The quantitative estimate of drug-likeness (QED) is 0.776. The maximum Gasteiger partial charge on any atom is 0.308 e. The van der Waals surface area contributed by atoms with E-state index in [4.69, 9.17) is 15.6 Å². The van der Waals surface area contributed by atoms with Crippen LogP contribution >= 0.6 is 12.4 Å². The average molecular weight is 288 g/mol. The molecule has 1 aromatic rings. The number of carboxylic acids is 1. The normalized spacial score (nSPS) is 12.9. The molecule has 0 bridgehead atoms. The third kappa shape index (κ3) is 6.22. The van der Waals surface area contributed by atoms with E-state index in [2.05, 4.69) is 0 Å². The lowest BCUT2D eigenvalue weighted by atomic mass is 9.98. The van der Waals surface area contributed by atoms with Crippen molar-refractivity contribution in [3.05, 3.63) is 35.9 Å². The number of benzene rings is 1. The highest BCUT2D eigenvalue weighted by Gasteiger charge is 2.25. The Morgan fingerprint density at radius 1 is 1.32 bits per heavy atom. The Kier molecular flexibility index (Phi) is 7.79. The standard InChI is InChI=1S/C13H17NO4.ClH/c1-9(14)11(13(16)17)7-12(15)18-8-10-5-3-2-4-6-10;/h2-6,9,11H,7-8,14H2,1H3,(H,16,17);1H/t9-,11+;/m1./s1. The minimum absolute atomic E-state index is 0. The highest BCUT2D eigenvalue weighted by atomic mass is 35.5. The van der Waals surface area contributed by atoms with Crippen molar-refractivity contribution in [2.75, 3.05) is 0 Å². The minimum atomic E-state index is -1.08. The van der Waals surface area contributed by atoms with Crippen molar-refractivity contribution in [3.63, 3.8) is 0 Å². The lowest BCUT2D eigenvalue weighted by Crippen LogP contribution is -2.34. The Labute approximate surface area is 118 Å². The molecule has 19 heavy (non-hydrogen) atoms. The summed E-state index contributed by atoms with van der Waals surface area (Å²) in [4.78, 5) is 22.4. The molecule has 0 radical (unpaired) electrons. The first-order chi connectivity index (χ1) is 8.50. The fourth-order valence-corrected chi connectivity index (χ4v) is 1.47. The van der Waals surface area contributed by atoms with Gasteiger partial charge in [-0.2, -0.15) is 0 Å². The van der Waals surface area contributed by atoms with Gasteiger partial charge in [-0.15, -0.1) is 12.4 Å². The van der Waals surface area contributed by atoms with Gasteiger partial charge >= 0.3 is 11.9 Å². The minimum Gasteiger partial charge on any atom is -0.481 e. The Balaban J connectivity index is 0.00000324. The molecule has 0 saturated carbocycles. The molecule has 6 heteroatoms. The summed E-state index contributed by atoms with van der Waals surface area (Å²) in [5.74, 6) is -2.54. The summed E-state index contributed by atoms with van der Waals surface area (Å²) in [6, 6.07) is 8.60. The van der Waals surface area contributed by atoms with E-state index in [1.54, 1.807) is 6.92 Å². The van der Waals surface area contributed by atoms with Gasteiger partial charge < -0.3 is 15.6 Å². The number of hydrogen-bond donors (Lipinski definition) is 2. The molecule has 0 aliphatic heterocycles. The SMILES string of the molecule is C[C@@H](N)[C@H](CC(=O)OCc1ccccc1)C(=O)O.Cl. The van der Waals surface area contributed by atoms with Crippen LogP contribution < -0.4 is 5.73 Å². The van der Waals surface area contributed by atoms with E-state index < -0.39 is 23.9 Å². The van der Waals surface area contributed by atoms with Gasteiger partial charge in [-0.1, -0.05) is 30.3 Å². The van der Waals surface area contributed by atoms with E-state index in [0.717, 1.165) is 5.56 Å². The van der Waals surface area contributed by atoms with Gasteiger partial charge in [0.1, 0.15) is 6.61 Å². The van der Waals surface area contributed by atoms with Crippen LogP contribution in [-0.2, 0) is 20.9 Å². The smallest absolute Gasteiger partial charge is 0.308 e. The summed E-state index contributed by atoms with van der Waals surface area (Å²) in [5.41, 5.74) is 6.36. The zero-order chi connectivity index (χ0) is 13.5. The number of esters is 1. The van der Waals surface area contributed by atoms with Crippen molar-refractivity contribution < 1.29 is 19.4 Å². The topological polar surface area (TPSA) is 89.6 Å². The molecule has 0 unspecified atom stereocenters. The van der Waals surface area contributed by atoms with Crippen LogP contribution in [0.4, 0.5) is 0 Å². The molecule has 3 N–H and O–H groups in total. The van der Waals surface area contributed by atoms with E-state index in [1.807, 2.05) is 30.3 Å². The number of halogens is 1. The van der Waals surface area contributed by atoms with Crippen molar-refractivity contribution in [1.29, 1.82) is 0 Å². The van der Waals surface area contributed by atoms with E-state index in [9.17, 15) is 9.59 Å². The summed E-state index contributed by atoms with van der Waals surface area (Å²) in [6.07, 6.45) is -0.208. The molecule has 0 fully saturated rings. The van der Waals surface area contributed by atoms with Gasteiger partial charge in [-0.05, 0) is 12.5 Å². The van der Waals surface area contributed by atoms with Gasteiger partial charge in [0, 0.05) is 6.04 Å². The summed E-state index contributed by atoms with van der Waals surface area (Å²) in [6.45, 7) is 1.70. The molecular formula is C13H18ClNO4. The number of rotatable bonds is 6. The predicted molar refractivity (Wildman–Crippen MR) is 72.9 cm³/mol. The summed E-state index contributed by atoms with van der Waals surface area (Å²) in [7, 11) is 0. The summed E-state index contributed by atoms with van der Waals surface area (Å²) >= 11 is 0. The lowest BCUT2D eigenvalue weighted by molar-refractivity contribution is -0.152. The number of nitrogens with two attached hydrogens (primary N) is 1. The number of carbonyl (C=O) groups is 2. The molecule has 1 aromatic carbocycles. The van der Waals surface area contributed by atoms with Gasteiger partial charge in [0.2, 0.25) is 0 Å². The van der Waals surface area contributed by atoms with Crippen LogP contribution in [0, 0.1) is 5.92 Å². The van der Waals surface area contributed by atoms with Gasteiger partial charge in [-0.3, -0.25) is 9.59 Å². The number of carboxylic acid groups (broad SMARTS) is 1. The fourth-order valence-electron chi connectivity index (χ4n) is 1.47. The first-order valence-corrected chi connectivity index (χ1v) is 5.68. The molecule has 5 nitrogen and oxygen atoms in total. The first-order valence-electron chi connectivity index (χ1n) is 5.68. The predicted octanol–water partition coefficient (Wildman–Crippen LogP) is 1.59. The van der Waals surface area contributed by atoms with Gasteiger partial charge in [0.25, 0.3) is 0 Å². The van der Waals surface area contributed by atoms with Crippen LogP contribution in [0.5, 0.6) is 0 Å². The highest BCUT2D eigenvalue weighted by Crippen LogP contribution is 2.10. The Hall–Kier alpha value is -1.59. The van der Waals surface area contributed by atoms with Crippen molar-refractivity contribution in [3.8, 4) is 0 Å². The van der Waals surface area contributed by atoms with Crippen molar-refractivity contribution in [2.45, 2.75) is 26.0 Å². The van der Waals surface area contributed by atoms with Crippen LogP contribution in [0.15, 0.2) is 30.3 Å². The van der Waals surface area contributed by atoms with Gasteiger partial charge in [-0.25, -0.2) is 0 Å². The van der Waals surface area contributed by atoms with E-state index in [1.165, 1.54) is 0 Å². The Bertz CT molecular complexity index is 408. The maximum absolute atomic E-state index is 11.5.